The number of alkyl halides is 3. The van der Waals surface area contributed by atoms with Crippen LogP contribution in [0.1, 0.15) is 5.56 Å². The molecule has 2 heterocycles. The van der Waals surface area contributed by atoms with E-state index in [9.17, 15) is 22.4 Å². The molecule has 2 aromatic carbocycles. The monoisotopic (exact) mass is 511 g/mol. The second-order valence-electron chi connectivity index (χ2n) is 8.02. The number of hydrogen-bond acceptors (Lipinski definition) is 6. The molecule has 0 aliphatic rings. The van der Waals surface area contributed by atoms with Crippen molar-refractivity contribution in [1.29, 1.82) is 0 Å². The minimum Gasteiger partial charge on any atom is -0.339 e. The molecule has 0 atom stereocenters. The summed E-state index contributed by atoms with van der Waals surface area (Å²) in [5, 5.41) is 12.6. The number of nitrogens with zero attached hydrogens (tertiary/aromatic N) is 4. The summed E-state index contributed by atoms with van der Waals surface area (Å²) in [4.78, 5) is 20.5. The van der Waals surface area contributed by atoms with Crippen LogP contribution in [-0.2, 0) is 18.3 Å². The molecule has 0 aliphatic heterocycles. The Bertz CT molecular complexity index is 1430. The Hall–Kier alpha value is -4.74. The minimum atomic E-state index is -4.33. The van der Waals surface area contributed by atoms with Crippen molar-refractivity contribution in [1.82, 2.24) is 19.7 Å². The van der Waals surface area contributed by atoms with Crippen molar-refractivity contribution in [2.45, 2.75) is 12.6 Å². The SMILES string of the molecule is C=CC(=O)Nc1cc(F)cc(Nc2nc(Nc3cnn(C)c3)ncc2-c2ccc(CC(F)(F)F)cc2)c1. The van der Waals surface area contributed by atoms with E-state index in [1.54, 1.807) is 24.1 Å². The van der Waals surface area contributed by atoms with Crippen LogP contribution in [0.5, 0.6) is 0 Å². The molecule has 8 nitrogen and oxygen atoms in total. The van der Waals surface area contributed by atoms with Crippen LogP contribution in [0.25, 0.3) is 11.1 Å². The lowest BCUT2D eigenvalue weighted by molar-refractivity contribution is -0.127. The summed E-state index contributed by atoms with van der Waals surface area (Å²) in [6.45, 7) is 3.37. The fourth-order valence-corrected chi connectivity index (χ4v) is 3.46. The molecule has 4 rings (SSSR count). The van der Waals surface area contributed by atoms with Crippen LogP contribution in [0.2, 0.25) is 0 Å². The van der Waals surface area contributed by atoms with E-state index in [0.717, 1.165) is 12.1 Å². The van der Waals surface area contributed by atoms with Crippen LogP contribution >= 0.6 is 0 Å². The predicted molar refractivity (Wildman–Crippen MR) is 132 cm³/mol. The molecule has 37 heavy (non-hydrogen) atoms. The summed E-state index contributed by atoms with van der Waals surface area (Å²) in [5.74, 6) is -0.688. The summed E-state index contributed by atoms with van der Waals surface area (Å²) in [6.07, 6.45) is 0.458. The molecule has 0 radical (unpaired) electrons. The number of amides is 1. The summed E-state index contributed by atoms with van der Waals surface area (Å²) in [7, 11) is 1.75. The quantitative estimate of drug-likeness (QED) is 0.206. The topological polar surface area (TPSA) is 96.8 Å². The highest BCUT2D eigenvalue weighted by atomic mass is 19.4. The van der Waals surface area contributed by atoms with Gasteiger partial charge in [0.2, 0.25) is 11.9 Å². The first-order valence-electron chi connectivity index (χ1n) is 10.9. The van der Waals surface area contributed by atoms with Gasteiger partial charge in [-0.25, -0.2) is 9.37 Å². The molecule has 0 bridgehead atoms. The van der Waals surface area contributed by atoms with E-state index in [2.05, 4.69) is 37.6 Å². The number of anilines is 5. The van der Waals surface area contributed by atoms with E-state index in [-0.39, 0.29) is 28.7 Å². The largest absolute Gasteiger partial charge is 0.393 e. The van der Waals surface area contributed by atoms with E-state index in [0.29, 0.717) is 16.8 Å². The molecular weight excluding hydrogens is 490 g/mol. The second kappa shape index (κ2) is 10.5. The Kier molecular flexibility index (Phi) is 7.18. The Balaban J connectivity index is 1.70. The number of carbonyl (C=O) groups is 1. The smallest absolute Gasteiger partial charge is 0.339 e. The normalized spacial score (nSPS) is 11.2. The lowest BCUT2D eigenvalue weighted by Gasteiger charge is -2.15. The van der Waals surface area contributed by atoms with E-state index in [4.69, 9.17) is 0 Å². The van der Waals surface area contributed by atoms with Gasteiger partial charge in [-0.05, 0) is 35.4 Å². The average Bonchev–Trinajstić information content (AvgIpc) is 3.23. The summed E-state index contributed by atoms with van der Waals surface area (Å²) in [6, 6.07) is 9.65. The number of aromatic nitrogens is 4. The highest BCUT2D eigenvalue weighted by molar-refractivity contribution is 5.99. The molecule has 190 valence electrons. The van der Waals surface area contributed by atoms with Crippen molar-refractivity contribution in [2.75, 3.05) is 16.0 Å². The van der Waals surface area contributed by atoms with Gasteiger partial charge in [-0.1, -0.05) is 30.8 Å². The third kappa shape index (κ3) is 6.90. The molecule has 0 saturated carbocycles. The van der Waals surface area contributed by atoms with Crippen LogP contribution in [0, 0.1) is 5.82 Å². The van der Waals surface area contributed by atoms with Gasteiger partial charge in [0.1, 0.15) is 11.6 Å². The van der Waals surface area contributed by atoms with Gasteiger partial charge < -0.3 is 16.0 Å². The van der Waals surface area contributed by atoms with Crippen molar-refractivity contribution in [3.63, 3.8) is 0 Å². The van der Waals surface area contributed by atoms with E-state index >= 15 is 0 Å². The number of halogens is 4. The van der Waals surface area contributed by atoms with Gasteiger partial charge in [-0.3, -0.25) is 9.48 Å². The molecule has 0 spiro atoms. The van der Waals surface area contributed by atoms with Crippen molar-refractivity contribution in [3.05, 3.63) is 85.1 Å². The van der Waals surface area contributed by atoms with E-state index in [1.165, 1.54) is 42.6 Å². The molecule has 1 amide bonds. The van der Waals surface area contributed by atoms with Gasteiger partial charge >= 0.3 is 6.18 Å². The molecule has 0 fully saturated rings. The van der Waals surface area contributed by atoms with Gasteiger partial charge in [0.15, 0.2) is 0 Å². The second-order valence-corrected chi connectivity index (χ2v) is 8.02. The van der Waals surface area contributed by atoms with E-state index in [1.807, 2.05) is 0 Å². The fourth-order valence-electron chi connectivity index (χ4n) is 3.46. The van der Waals surface area contributed by atoms with Crippen molar-refractivity contribution >= 4 is 34.7 Å². The standard InChI is InChI=1S/C25H21F4N7O/c1-3-22(37)32-18-8-17(26)9-19(10-18)33-23-21(16-6-4-15(5-7-16)11-25(27,28)29)13-30-24(35-23)34-20-12-31-36(2)14-20/h3-10,12-14H,1,11H2,2H3,(H,32,37)(H2,30,33,34,35). The van der Waals surface area contributed by atoms with Gasteiger partial charge in [0.25, 0.3) is 0 Å². The first-order chi connectivity index (χ1) is 17.6. The number of hydrogen-bond donors (Lipinski definition) is 3. The van der Waals surface area contributed by atoms with Crippen molar-refractivity contribution < 1.29 is 22.4 Å². The zero-order chi connectivity index (χ0) is 26.6. The zero-order valence-electron chi connectivity index (χ0n) is 19.5. The predicted octanol–water partition coefficient (Wildman–Crippen LogP) is 5.73. The molecule has 0 aliphatic carbocycles. The molecule has 0 unspecified atom stereocenters. The maximum absolute atomic E-state index is 14.3. The minimum absolute atomic E-state index is 0.106. The average molecular weight is 511 g/mol. The Morgan fingerprint density at radius 1 is 1.05 bits per heavy atom. The Labute approximate surface area is 209 Å². The van der Waals surface area contributed by atoms with Crippen molar-refractivity contribution in [2.24, 2.45) is 7.05 Å². The van der Waals surface area contributed by atoms with Crippen LogP contribution in [0.15, 0.2) is 73.7 Å². The van der Waals surface area contributed by atoms with Crippen LogP contribution in [0.3, 0.4) is 0 Å². The molecule has 0 saturated heterocycles. The lowest BCUT2D eigenvalue weighted by atomic mass is 10.0. The lowest BCUT2D eigenvalue weighted by Crippen LogP contribution is -2.11. The summed E-state index contributed by atoms with van der Waals surface area (Å²) >= 11 is 0. The molecule has 2 aromatic heterocycles. The number of rotatable bonds is 8. The van der Waals surface area contributed by atoms with Crippen LogP contribution in [0.4, 0.5) is 46.4 Å². The number of benzene rings is 2. The number of carbonyl (C=O) groups excluding carboxylic acids is 1. The Morgan fingerprint density at radius 3 is 2.43 bits per heavy atom. The maximum Gasteiger partial charge on any atom is 0.393 e. The van der Waals surface area contributed by atoms with Gasteiger partial charge in [0, 0.05) is 36.4 Å². The highest BCUT2D eigenvalue weighted by Gasteiger charge is 2.27. The van der Waals surface area contributed by atoms with Crippen LogP contribution < -0.4 is 16.0 Å². The zero-order valence-corrected chi connectivity index (χ0v) is 19.5. The summed E-state index contributed by atoms with van der Waals surface area (Å²) < 4.78 is 54.2. The maximum atomic E-state index is 14.3. The highest BCUT2D eigenvalue weighted by Crippen LogP contribution is 2.32. The Morgan fingerprint density at radius 2 is 1.78 bits per heavy atom. The molecule has 12 heteroatoms. The van der Waals surface area contributed by atoms with Gasteiger partial charge in [-0.15, -0.1) is 0 Å². The van der Waals surface area contributed by atoms with Gasteiger partial charge in [-0.2, -0.15) is 23.3 Å². The fraction of sp³-hybridized carbons (Fsp3) is 0.120. The molecule has 4 aromatic rings. The van der Waals surface area contributed by atoms with Crippen LogP contribution in [-0.4, -0.2) is 31.8 Å². The van der Waals surface area contributed by atoms with Crippen molar-refractivity contribution in [3.8, 4) is 11.1 Å². The van der Waals surface area contributed by atoms with E-state index < -0.39 is 24.3 Å². The third-order valence-corrected chi connectivity index (χ3v) is 5.03. The number of aryl methyl sites for hydroxylation is 1. The molecular formula is C25H21F4N7O. The first-order valence-corrected chi connectivity index (χ1v) is 10.9. The molecule has 3 N–H and O–H groups in total. The van der Waals surface area contributed by atoms with Gasteiger partial charge in [0.05, 0.1) is 18.3 Å². The number of nitrogens with one attached hydrogen (secondary N) is 3. The third-order valence-electron chi connectivity index (χ3n) is 5.03. The first kappa shape index (κ1) is 25.4. The summed E-state index contributed by atoms with van der Waals surface area (Å²) in [5.41, 5.74) is 2.18.